The zero-order valence-corrected chi connectivity index (χ0v) is 13.1. The number of unbranched alkanes of at least 4 members (excludes halogenated alkanes) is 1. The van der Waals surface area contributed by atoms with Crippen LogP contribution < -0.4 is 0 Å². The second-order valence-electron chi connectivity index (χ2n) is 6.04. The number of rotatable bonds is 6. The predicted octanol–water partition coefficient (Wildman–Crippen LogP) is 4.54. The van der Waals surface area contributed by atoms with Gasteiger partial charge in [0.2, 0.25) is 0 Å². The molecule has 0 aromatic carbocycles. The van der Waals surface area contributed by atoms with E-state index in [2.05, 4.69) is 0 Å². The summed E-state index contributed by atoms with van der Waals surface area (Å²) in [6.07, 6.45) is 1.82. The molecule has 0 aliphatic heterocycles. The van der Waals surface area contributed by atoms with Crippen LogP contribution in [-0.4, -0.2) is 17.8 Å². The Morgan fingerprint density at radius 1 is 0.941 bits per heavy atom. The van der Waals surface area contributed by atoms with Crippen LogP contribution in [0.2, 0.25) is 0 Å². The van der Waals surface area contributed by atoms with Crippen LogP contribution in [0.1, 0.15) is 61.3 Å². The van der Waals surface area contributed by atoms with Crippen molar-refractivity contribution in [1.29, 1.82) is 0 Å². The van der Waals surface area contributed by atoms with Gasteiger partial charge in [-0.15, -0.1) is 0 Å². The van der Waals surface area contributed by atoms with Crippen molar-refractivity contribution in [3.8, 4) is 0 Å². The number of phosphoric ester groups is 1. The molecule has 0 N–H and O–H groups in total. The molecule has 0 amide bonds. The van der Waals surface area contributed by atoms with Gasteiger partial charge >= 0.3 is 7.82 Å². The van der Waals surface area contributed by atoms with Gasteiger partial charge in [0.25, 0.3) is 0 Å². The molecule has 17 heavy (non-hydrogen) atoms. The van der Waals surface area contributed by atoms with Crippen LogP contribution in [0.5, 0.6) is 0 Å². The van der Waals surface area contributed by atoms with Crippen molar-refractivity contribution in [2.24, 2.45) is 0 Å². The molecule has 0 saturated heterocycles. The van der Waals surface area contributed by atoms with Crippen LogP contribution >= 0.6 is 7.82 Å². The van der Waals surface area contributed by atoms with Gasteiger partial charge in [-0.1, -0.05) is 13.3 Å². The third kappa shape index (κ3) is 9.78. The Balaban J connectivity index is 4.64. The Labute approximate surface area is 106 Å². The normalized spacial score (nSPS) is 14.1. The maximum absolute atomic E-state index is 12.5. The van der Waals surface area contributed by atoms with Gasteiger partial charge in [-0.25, -0.2) is 4.57 Å². The van der Waals surface area contributed by atoms with E-state index in [-0.39, 0.29) is 0 Å². The topological polar surface area (TPSA) is 44.8 Å². The average Bonchev–Trinajstić information content (AvgIpc) is 1.96. The van der Waals surface area contributed by atoms with Crippen molar-refractivity contribution in [3.63, 3.8) is 0 Å². The molecule has 104 valence electrons. The highest BCUT2D eigenvalue weighted by atomic mass is 31.2. The molecule has 0 aliphatic rings. The Hall–Kier alpha value is 0.110. The van der Waals surface area contributed by atoms with E-state index in [4.69, 9.17) is 13.6 Å². The van der Waals surface area contributed by atoms with E-state index < -0.39 is 19.0 Å². The first-order valence-electron chi connectivity index (χ1n) is 6.13. The predicted molar refractivity (Wildman–Crippen MR) is 70.1 cm³/mol. The first kappa shape index (κ1) is 17.1. The van der Waals surface area contributed by atoms with Crippen LogP contribution in [0.3, 0.4) is 0 Å². The molecule has 4 nitrogen and oxygen atoms in total. The van der Waals surface area contributed by atoms with Crippen molar-refractivity contribution in [2.75, 3.05) is 6.61 Å². The summed E-state index contributed by atoms with van der Waals surface area (Å²) in [5.74, 6) is 0. The zero-order valence-electron chi connectivity index (χ0n) is 12.2. The summed E-state index contributed by atoms with van der Waals surface area (Å²) in [6, 6.07) is 0. The number of hydrogen-bond acceptors (Lipinski definition) is 4. The van der Waals surface area contributed by atoms with Gasteiger partial charge in [0, 0.05) is 0 Å². The highest BCUT2D eigenvalue weighted by Gasteiger charge is 2.36. The van der Waals surface area contributed by atoms with Gasteiger partial charge in [-0.3, -0.25) is 13.6 Å². The minimum atomic E-state index is -3.49. The van der Waals surface area contributed by atoms with Crippen LogP contribution in [0, 0.1) is 0 Å². The number of hydrogen-bond donors (Lipinski definition) is 0. The average molecular weight is 266 g/mol. The molecule has 0 spiro atoms. The van der Waals surface area contributed by atoms with E-state index in [1.165, 1.54) is 0 Å². The summed E-state index contributed by atoms with van der Waals surface area (Å²) in [4.78, 5) is 0. The van der Waals surface area contributed by atoms with Crippen LogP contribution in [0.15, 0.2) is 0 Å². The minimum absolute atomic E-state index is 0.389. The van der Waals surface area contributed by atoms with Gasteiger partial charge in [0.1, 0.15) is 0 Å². The second-order valence-corrected chi connectivity index (χ2v) is 7.56. The molecule has 0 aromatic heterocycles. The lowest BCUT2D eigenvalue weighted by Gasteiger charge is -2.30. The van der Waals surface area contributed by atoms with Crippen molar-refractivity contribution in [2.45, 2.75) is 72.5 Å². The van der Waals surface area contributed by atoms with Gasteiger partial charge in [-0.2, -0.15) is 0 Å². The summed E-state index contributed by atoms with van der Waals surface area (Å²) in [5, 5.41) is 0. The van der Waals surface area contributed by atoms with Crippen molar-refractivity contribution < 1.29 is 18.1 Å². The Morgan fingerprint density at radius 3 is 1.65 bits per heavy atom. The first-order valence-corrected chi connectivity index (χ1v) is 7.59. The van der Waals surface area contributed by atoms with Gasteiger partial charge in [-0.05, 0) is 48.0 Å². The quantitative estimate of drug-likeness (QED) is 0.523. The van der Waals surface area contributed by atoms with Crippen LogP contribution in [0.4, 0.5) is 0 Å². The highest BCUT2D eigenvalue weighted by molar-refractivity contribution is 7.48. The molecule has 0 unspecified atom stereocenters. The van der Waals surface area contributed by atoms with E-state index in [9.17, 15) is 4.57 Å². The maximum atomic E-state index is 12.5. The molecule has 0 saturated carbocycles. The smallest absolute Gasteiger partial charge is 0.287 e. The molecule has 0 aliphatic carbocycles. The van der Waals surface area contributed by atoms with Crippen LogP contribution in [0.25, 0.3) is 0 Å². The van der Waals surface area contributed by atoms with Gasteiger partial charge in [0.05, 0.1) is 17.8 Å². The van der Waals surface area contributed by atoms with Crippen LogP contribution in [-0.2, 0) is 18.1 Å². The van der Waals surface area contributed by atoms with E-state index in [0.29, 0.717) is 6.61 Å². The Morgan fingerprint density at radius 2 is 1.35 bits per heavy atom. The summed E-state index contributed by atoms with van der Waals surface area (Å²) in [5.41, 5.74) is -1.13. The molecule has 5 heteroatoms. The van der Waals surface area contributed by atoms with Crippen molar-refractivity contribution in [1.82, 2.24) is 0 Å². The molecule has 0 aromatic rings. The molecular formula is C12H27O4P. The molecule has 0 fully saturated rings. The minimum Gasteiger partial charge on any atom is -0.287 e. The SMILES string of the molecule is CCCCOP(=O)(OC(C)(C)C)OC(C)(C)C. The summed E-state index contributed by atoms with van der Waals surface area (Å²) in [6.45, 7) is 13.4. The van der Waals surface area contributed by atoms with Gasteiger partial charge < -0.3 is 0 Å². The van der Waals surface area contributed by atoms with Crippen molar-refractivity contribution in [3.05, 3.63) is 0 Å². The van der Waals surface area contributed by atoms with E-state index in [1.807, 2.05) is 48.5 Å². The van der Waals surface area contributed by atoms with E-state index in [0.717, 1.165) is 12.8 Å². The fourth-order valence-electron chi connectivity index (χ4n) is 1.06. The fraction of sp³-hybridized carbons (Fsp3) is 1.00. The third-order valence-electron chi connectivity index (χ3n) is 1.52. The molecular weight excluding hydrogens is 239 g/mol. The maximum Gasteiger partial charge on any atom is 0.475 e. The monoisotopic (exact) mass is 266 g/mol. The summed E-state index contributed by atoms with van der Waals surface area (Å²) in [7, 11) is -3.49. The largest absolute Gasteiger partial charge is 0.475 e. The van der Waals surface area contributed by atoms with Crippen molar-refractivity contribution >= 4 is 7.82 Å². The molecule has 0 heterocycles. The van der Waals surface area contributed by atoms with E-state index >= 15 is 0 Å². The third-order valence-corrected chi connectivity index (χ3v) is 3.56. The number of phosphoric acid groups is 1. The lowest BCUT2D eigenvalue weighted by Crippen LogP contribution is -2.24. The standard InChI is InChI=1S/C12H27O4P/c1-8-9-10-14-17(13,15-11(2,3)4)16-12(5,6)7/h8-10H2,1-7H3. The summed E-state index contributed by atoms with van der Waals surface area (Å²) >= 11 is 0. The summed E-state index contributed by atoms with van der Waals surface area (Å²) < 4.78 is 28.7. The van der Waals surface area contributed by atoms with Gasteiger partial charge in [0.15, 0.2) is 0 Å². The second kappa shape index (κ2) is 6.33. The lowest BCUT2D eigenvalue weighted by atomic mass is 10.2. The molecule has 0 atom stereocenters. The Bertz CT molecular complexity index is 243. The molecule has 0 radical (unpaired) electrons. The molecule has 0 bridgehead atoms. The first-order chi connectivity index (χ1) is 7.47. The highest BCUT2D eigenvalue weighted by Crippen LogP contribution is 2.55. The lowest BCUT2D eigenvalue weighted by molar-refractivity contribution is 0.00312. The van der Waals surface area contributed by atoms with E-state index in [1.54, 1.807) is 0 Å². The Kier molecular flexibility index (Phi) is 6.37. The fourth-order valence-corrected chi connectivity index (χ4v) is 2.90. The molecule has 0 rings (SSSR count). The zero-order chi connectivity index (χ0) is 13.7.